The van der Waals surface area contributed by atoms with Gasteiger partial charge in [0.1, 0.15) is 11.4 Å². The van der Waals surface area contributed by atoms with Gasteiger partial charge in [-0.05, 0) is 49.4 Å². The fourth-order valence-corrected chi connectivity index (χ4v) is 2.82. The number of phenolic OH excluding ortho intramolecular Hbond substituents is 1. The van der Waals surface area contributed by atoms with Crippen molar-refractivity contribution in [3.63, 3.8) is 0 Å². The van der Waals surface area contributed by atoms with Crippen LogP contribution in [0.4, 0.5) is 11.4 Å². The zero-order valence-corrected chi connectivity index (χ0v) is 15.8. The molecule has 29 heavy (non-hydrogen) atoms. The number of aliphatic hydroxyl groups is 1. The SMILES string of the molecule is CC1(O)CC=C(N)C=C1NC(=O)c1cccc(C(=O)Nc2cc(N)ccc2O)c1. The minimum Gasteiger partial charge on any atom is -0.506 e. The van der Waals surface area contributed by atoms with Crippen LogP contribution in [0.25, 0.3) is 0 Å². The van der Waals surface area contributed by atoms with Crippen LogP contribution in [0.1, 0.15) is 34.1 Å². The van der Waals surface area contributed by atoms with Gasteiger partial charge in [-0.15, -0.1) is 0 Å². The van der Waals surface area contributed by atoms with Crippen molar-refractivity contribution in [1.29, 1.82) is 0 Å². The number of anilines is 2. The molecule has 0 spiro atoms. The fourth-order valence-electron chi connectivity index (χ4n) is 2.82. The summed E-state index contributed by atoms with van der Waals surface area (Å²) in [5, 5.41) is 25.5. The van der Waals surface area contributed by atoms with Crippen LogP contribution in [0.2, 0.25) is 0 Å². The molecule has 0 radical (unpaired) electrons. The number of carbonyl (C=O) groups is 2. The zero-order chi connectivity index (χ0) is 21.2. The maximum atomic E-state index is 12.6. The average Bonchev–Trinajstić information content (AvgIpc) is 2.68. The van der Waals surface area contributed by atoms with Crippen molar-refractivity contribution in [2.75, 3.05) is 11.1 Å². The molecule has 0 aromatic heterocycles. The topological polar surface area (TPSA) is 151 Å². The third-order valence-electron chi connectivity index (χ3n) is 4.53. The van der Waals surface area contributed by atoms with Crippen molar-refractivity contribution in [2.45, 2.75) is 18.9 Å². The van der Waals surface area contributed by atoms with Crippen molar-refractivity contribution in [3.05, 3.63) is 77.1 Å². The summed E-state index contributed by atoms with van der Waals surface area (Å²) in [5.74, 6) is -1.14. The second kappa shape index (κ2) is 7.69. The Hall–Kier alpha value is -3.78. The fraction of sp³-hybridized carbons (Fsp3) is 0.143. The van der Waals surface area contributed by atoms with E-state index in [4.69, 9.17) is 11.5 Å². The van der Waals surface area contributed by atoms with Gasteiger partial charge in [0.2, 0.25) is 0 Å². The summed E-state index contributed by atoms with van der Waals surface area (Å²) < 4.78 is 0. The van der Waals surface area contributed by atoms with Crippen molar-refractivity contribution < 1.29 is 19.8 Å². The normalized spacial score (nSPS) is 18.4. The van der Waals surface area contributed by atoms with E-state index < -0.39 is 17.4 Å². The number of aromatic hydroxyl groups is 1. The van der Waals surface area contributed by atoms with Gasteiger partial charge >= 0.3 is 0 Å². The van der Waals surface area contributed by atoms with Crippen molar-refractivity contribution in [2.24, 2.45) is 5.73 Å². The number of carbonyl (C=O) groups excluding carboxylic acids is 2. The van der Waals surface area contributed by atoms with Crippen LogP contribution in [-0.4, -0.2) is 27.6 Å². The molecule has 0 fully saturated rings. The minimum atomic E-state index is -1.25. The Balaban J connectivity index is 1.78. The van der Waals surface area contributed by atoms with Gasteiger partial charge in [-0.25, -0.2) is 0 Å². The number of rotatable bonds is 4. The molecule has 1 atom stereocenters. The smallest absolute Gasteiger partial charge is 0.255 e. The van der Waals surface area contributed by atoms with Gasteiger partial charge < -0.3 is 32.3 Å². The molecule has 8 heteroatoms. The molecule has 8 N–H and O–H groups in total. The van der Waals surface area contributed by atoms with Gasteiger partial charge in [0, 0.05) is 28.9 Å². The van der Waals surface area contributed by atoms with Crippen LogP contribution >= 0.6 is 0 Å². The van der Waals surface area contributed by atoms with E-state index in [1.165, 1.54) is 36.4 Å². The summed E-state index contributed by atoms with van der Waals surface area (Å²) in [6, 6.07) is 10.4. The van der Waals surface area contributed by atoms with Gasteiger partial charge in [-0.1, -0.05) is 12.1 Å². The third kappa shape index (κ3) is 4.56. The molecule has 1 aliphatic carbocycles. The molecule has 0 aliphatic heterocycles. The van der Waals surface area contributed by atoms with Gasteiger partial charge in [0.05, 0.1) is 11.4 Å². The van der Waals surface area contributed by atoms with E-state index in [0.717, 1.165) is 0 Å². The van der Waals surface area contributed by atoms with Crippen LogP contribution in [0.15, 0.2) is 66.0 Å². The van der Waals surface area contributed by atoms with Crippen LogP contribution < -0.4 is 22.1 Å². The maximum Gasteiger partial charge on any atom is 0.255 e. The molecule has 0 bridgehead atoms. The summed E-state index contributed by atoms with van der Waals surface area (Å²) in [4.78, 5) is 25.1. The molecule has 8 nitrogen and oxygen atoms in total. The summed E-state index contributed by atoms with van der Waals surface area (Å²) in [5.41, 5.74) is 11.9. The van der Waals surface area contributed by atoms with Crippen molar-refractivity contribution in [1.82, 2.24) is 5.32 Å². The lowest BCUT2D eigenvalue weighted by atomic mass is 9.92. The van der Waals surface area contributed by atoms with Gasteiger partial charge in [0.25, 0.3) is 11.8 Å². The summed E-state index contributed by atoms with van der Waals surface area (Å²) in [6.07, 6.45) is 3.45. The Morgan fingerprint density at radius 1 is 1.03 bits per heavy atom. The predicted octanol–water partition coefficient (Wildman–Crippen LogP) is 1.84. The first-order chi connectivity index (χ1) is 13.7. The second-order valence-electron chi connectivity index (χ2n) is 7.01. The van der Waals surface area contributed by atoms with Crippen molar-refractivity contribution in [3.8, 4) is 5.75 Å². The molecule has 3 rings (SSSR count). The molecule has 0 saturated carbocycles. The molecule has 0 heterocycles. The number of benzene rings is 2. The lowest BCUT2D eigenvalue weighted by Gasteiger charge is -2.29. The van der Waals surface area contributed by atoms with Gasteiger partial charge in [-0.2, -0.15) is 0 Å². The first-order valence-electron chi connectivity index (χ1n) is 8.87. The molecule has 2 aromatic carbocycles. The Morgan fingerprint density at radius 2 is 1.69 bits per heavy atom. The maximum absolute atomic E-state index is 12.6. The number of allylic oxidation sites excluding steroid dienone is 1. The summed E-state index contributed by atoms with van der Waals surface area (Å²) in [6.45, 7) is 1.57. The van der Waals surface area contributed by atoms with E-state index >= 15 is 0 Å². The van der Waals surface area contributed by atoms with E-state index in [-0.39, 0.29) is 34.7 Å². The van der Waals surface area contributed by atoms with Crippen molar-refractivity contribution >= 4 is 23.2 Å². The Bertz CT molecular complexity index is 1040. The highest BCUT2D eigenvalue weighted by Gasteiger charge is 2.29. The zero-order valence-electron chi connectivity index (χ0n) is 15.8. The highest BCUT2D eigenvalue weighted by atomic mass is 16.3. The third-order valence-corrected chi connectivity index (χ3v) is 4.53. The Labute approximate surface area is 167 Å². The summed E-state index contributed by atoms with van der Waals surface area (Å²) in [7, 11) is 0. The molecule has 2 amide bonds. The van der Waals surface area contributed by atoms with Crippen LogP contribution in [0.5, 0.6) is 5.75 Å². The highest BCUT2D eigenvalue weighted by Crippen LogP contribution is 2.26. The number of phenols is 1. The standard InChI is InChI=1S/C21H22N4O4/c1-21(29)8-7-15(23)11-18(21)25-20(28)13-4-2-3-12(9-13)19(27)24-16-10-14(22)5-6-17(16)26/h2-7,9-11,26,29H,8,22-23H2,1H3,(H,24,27)(H,25,28). The molecule has 150 valence electrons. The molecule has 0 saturated heterocycles. The lowest BCUT2D eigenvalue weighted by Crippen LogP contribution is -2.39. The lowest BCUT2D eigenvalue weighted by molar-refractivity contribution is 0.0798. The number of nitrogens with two attached hydrogens (primary N) is 2. The number of hydrogen-bond acceptors (Lipinski definition) is 6. The largest absolute Gasteiger partial charge is 0.506 e. The molecule has 2 aromatic rings. The van der Waals surface area contributed by atoms with E-state index in [0.29, 0.717) is 11.4 Å². The first-order valence-corrected chi connectivity index (χ1v) is 8.87. The van der Waals surface area contributed by atoms with Gasteiger partial charge in [-0.3, -0.25) is 9.59 Å². The van der Waals surface area contributed by atoms with Crippen LogP contribution in [0.3, 0.4) is 0 Å². The summed E-state index contributed by atoms with van der Waals surface area (Å²) >= 11 is 0. The number of nitrogens with one attached hydrogen (secondary N) is 2. The number of amides is 2. The number of hydrogen-bond donors (Lipinski definition) is 6. The quantitative estimate of drug-likeness (QED) is 0.264. The molecular weight excluding hydrogens is 372 g/mol. The van der Waals surface area contributed by atoms with E-state index in [9.17, 15) is 19.8 Å². The average molecular weight is 394 g/mol. The molecule has 1 unspecified atom stereocenters. The van der Waals surface area contributed by atoms with E-state index in [1.807, 2.05) is 0 Å². The van der Waals surface area contributed by atoms with E-state index in [2.05, 4.69) is 10.6 Å². The molecular formula is C21H22N4O4. The Morgan fingerprint density at radius 3 is 2.38 bits per heavy atom. The Kier molecular flexibility index (Phi) is 5.29. The van der Waals surface area contributed by atoms with Crippen LogP contribution in [-0.2, 0) is 0 Å². The minimum absolute atomic E-state index is 0.126. The predicted molar refractivity (Wildman–Crippen MR) is 110 cm³/mol. The highest BCUT2D eigenvalue weighted by molar-refractivity contribution is 6.07. The van der Waals surface area contributed by atoms with Crippen LogP contribution in [0, 0.1) is 0 Å². The van der Waals surface area contributed by atoms with Gasteiger partial charge in [0.15, 0.2) is 0 Å². The molecule has 1 aliphatic rings. The second-order valence-corrected chi connectivity index (χ2v) is 7.01. The van der Waals surface area contributed by atoms with E-state index in [1.54, 1.807) is 25.1 Å². The first kappa shape index (κ1) is 20.0. The number of nitrogen functional groups attached to an aromatic ring is 1. The monoisotopic (exact) mass is 394 g/mol.